The number of amides is 1. The molecule has 1 amide bonds. The Labute approximate surface area is 221 Å². The fourth-order valence-electron chi connectivity index (χ4n) is 5.19. The molecule has 200 valence electrons. The lowest BCUT2D eigenvalue weighted by Crippen LogP contribution is -2.39. The highest BCUT2D eigenvalue weighted by molar-refractivity contribution is 6.16. The molecule has 1 saturated heterocycles. The topological polar surface area (TPSA) is 102 Å². The molecule has 3 heterocycles. The number of rotatable bonds is 9. The Morgan fingerprint density at radius 3 is 2.58 bits per heavy atom. The fraction of sp³-hybridized carbons (Fsp3) is 0.379. The zero-order valence-electron chi connectivity index (χ0n) is 21.9. The maximum atomic E-state index is 13.9. The van der Waals surface area contributed by atoms with E-state index in [9.17, 15) is 14.7 Å². The summed E-state index contributed by atoms with van der Waals surface area (Å²) >= 11 is 0. The third kappa shape index (κ3) is 4.87. The second-order valence-electron chi connectivity index (χ2n) is 9.56. The van der Waals surface area contributed by atoms with Crippen molar-refractivity contribution in [1.29, 1.82) is 0 Å². The van der Waals surface area contributed by atoms with E-state index in [2.05, 4.69) is 4.90 Å². The monoisotopic (exact) mass is 520 g/mol. The number of nitrogens with zero attached hydrogens (tertiary/aromatic N) is 2. The number of morpholine rings is 1. The molecule has 0 radical (unpaired) electrons. The number of aryl methyl sites for hydroxylation is 1. The van der Waals surface area contributed by atoms with Gasteiger partial charge in [0, 0.05) is 37.1 Å². The van der Waals surface area contributed by atoms with Crippen LogP contribution in [0.5, 0.6) is 11.5 Å². The molecular formula is C29H32N2O7. The van der Waals surface area contributed by atoms with Gasteiger partial charge in [-0.1, -0.05) is 11.6 Å². The Kier molecular flexibility index (Phi) is 7.40. The zero-order chi connectivity index (χ0) is 26.8. The van der Waals surface area contributed by atoms with Crippen LogP contribution in [0.15, 0.2) is 58.2 Å². The van der Waals surface area contributed by atoms with Crippen molar-refractivity contribution in [2.75, 3.05) is 53.6 Å². The van der Waals surface area contributed by atoms with Crippen LogP contribution in [-0.4, -0.2) is 80.2 Å². The van der Waals surface area contributed by atoms with Gasteiger partial charge in [0.25, 0.3) is 5.91 Å². The molecule has 2 aromatic carbocycles. The van der Waals surface area contributed by atoms with Crippen molar-refractivity contribution in [1.82, 2.24) is 9.80 Å². The number of carbonyl (C=O) groups excluding carboxylic acids is 2. The number of ether oxygens (including phenoxy) is 3. The minimum atomic E-state index is -0.875. The molecule has 0 saturated carbocycles. The molecule has 1 atom stereocenters. The largest absolute Gasteiger partial charge is 0.503 e. The van der Waals surface area contributed by atoms with Gasteiger partial charge in [-0.05, 0) is 49.7 Å². The predicted octanol–water partition coefficient (Wildman–Crippen LogP) is 4.06. The molecule has 1 unspecified atom stereocenters. The summed E-state index contributed by atoms with van der Waals surface area (Å²) in [5.74, 6) is -0.650. The first-order chi connectivity index (χ1) is 18.4. The Morgan fingerprint density at radius 1 is 1.05 bits per heavy atom. The Bertz CT molecular complexity index is 1390. The van der Waals surface area contributed by atoms with E-state index in [1.807, 2.05) is 19.1 Å². The molecule has 0 bridgehead atoms. The molecular weight excluding hydrogens is 488 g/mol. The van der Waals surface area contributed by atoms with E-state index in [0.29, 0.717) is 48.8 Å². The van der Waals surface area contributed by atoms with E-state index in [1.54, 1.807) is 37.4 Å². The van der Waals surface area contributed by atoms with Crippen molar-refractivity contribution in [3.8, 4) is 11.5 Å². The maximum absolute atomic E-state index is 13.9. The van der Waals surface area contributed by atoms with Crippen molar-refractivity contribution in [2.24, 2.45) is 0 Å². The van der Waals surface area contributed by atoms with E-state index in [1.165, 1.54) is 12.0 Å². The molecule has 5 rings (SSSR count). The molecule has 9 heteroatoms. The number of methoxy groups -OCH3 is 2. The summed E-state index contributed by atoms with van der Waals surface area (Å²) in [6.07, 6.45) is 0.660. The smallest absolute Gasteiger partial charge is 0.290 e. The molecule has 2 aliphatic rings. The lowest BCUT2D eigenvalue weighted by molar-refractivity contribution is -0.129. The summed E-state index contributed by atoms with van der Waals surface area (Å²) in [6, 6.07) is 11.6. The molecule has 3 aromatic rings. The van der Waals surface area contributed by atoms with Crippen LogP contribution in [-0.2, 0) is 9.53 Å². The number of Topliss-reactive ketones (excluding diaryl/α,β-unsaturated/α-hetero) is 1. The second-order valence-corrected chi connectivity index (χ2v) is 9.56. The lowest BCUT2D eigenvalue weighted by Gasteiger charge is -2.30. The average Bonchev–Trinajstić information content (AvgIpc) is 3.47. The van der Waals surface area contributed by atoms with Crippen LogP contribution in [0.2, 0.25) is 0 Å². The van der Waals surface area contributed by atoms with E-state index < -0.39 is 23.5 Å². The first-order valence-corrected chi connectivity index (χ1v) is 12.7. The number of fused-ring (bicyclic) bond motifs is 1. The minimum Gasteiger partial charge on any atom is -0.503 e. The van der Waals surface area contributed by atoms with E-state index in [0.717, 1.165) is 30.6 Å². The van der Waals surface area contributed by atoms with Gasteiger partial charge in [-0.2, -0.15) is 0 Å². The van der Waals surface area contributed by atoms with Crippen LogP contribution in [0, 0.1) is 6.92 Å². The van der Waals surface area contributed by atoms with Crippen LogP contribution >= 0.6 is 0 Å². The lowest BCUT2D eigenvalue weighted by atomic mass is 9.94. The number of carbonyl (C=O) groups is 2. The van der Waals surface area contributed by atoms with Crippen LogP contribution < -0.4 is 9.47 Å². The molecule has 0 aliphatic carbocycles. The van der Waals surface area contributed by atoms with Gasteiger partial charge in [0.05, 0.1) is 39.0 Å². The third-order valence-electron chi connectivity index (χ3n) is 7.15. The van der Waals surface area contributed by atoms with Crippen LogP contribution in [0.4, 0.5) is 0 Å². The van der Waals surface area contributed by atoms with Crippen LogP contribution in [0.1, 0.15) is 34.1 Å². The number of hydrogen-bond acceptors (Lipinski definition) is 8. The van der Waals surface area contributed by atoms with Gasteiger partial charge in [0.15, 0.2) is 11.5 Å². The van der Waals surface area contributed by atoms with Gasteiger partial charge in [-0.3, -0.25) is 14.5 Å². The van der Waals surface area contributed by atoms with Gasteiger partial charge >= 0.3 is 0 Å². The number of benzene rings is 2. The Balaban J connectivity index is 1.52. The molecule has 1 N–H and O–H groups in total. The molecule has 1 aromatic heterocycles. The molecule has 9 nitrogen and oxygen atoms in total. The number of aliphatic hydroxyl groups is 1. The van der Waals surface area contributed by atoms with Crippen molar-refractivity contribution in [3.63, 3.8) is 0 Å². The highest BCUT2D eigenvalue weighted by atomic mass is 16.5. The van der Waals surface area contributed by atoms with Gasteiger partial charge in [-0.25, -0.2) is 0 Å². The van der Waals surface area contributed by atoms with Crippen molar-refractivity contribution < 1.29 is 33.3 Å². The fourth-order valence-corrected chi connectivity index (χ4v) is 5.19. The van der Waals surface area contributed by atoms with E-state index >= 15 is 0 Å². The quantitative estimate of drug-likeness (QED) is 0.422. The summed E-state index contributed by atoms with van der Waals surface area (Å²) in [5.41, 5.74) is 2.09. The first-order valence-electron chi connectivity index (χ1n) is 12.7. The molecule has 2 aliphatic heterocycles. The first kappa shape index (κ1) is 25.8. The minimum absolute atomic E-state index is 0.0382. The summed E-state index contributed by atoms with van der Waals surface area (Å²) in [6.45, 7) is 6.09. The highest BCUT2D eigenvalue weighted by Gasteiger charge is 2.45. The zero-order valence-corrected chi connectivity index (χ0v) is 21.9. The van der Waals surface area contributed by atoms with Crippen molar-refractivity contribution >= 4 is 22.7 Å². The van der Waals surface area contributed by atoms with Crippen molar-refractivity contribution in [2.45, 2.75) is 19.4 Å². The van der Waals surface area contributed by atoms with Crippen molar-refractivity contribution in [3.05, 3.63) is 70.7 Å². The average molecular weight is 521 g/mol. The molecule has 0 spiro atoms. The maximum Gasteiger partial charge on any atom is 0.290 e. The van der Waals surface area contributed by atoms with Gasteiger partial charge in [0.2, 0.25) is 5.78 Å². The predicted molar refractivity (Wildman–Crippen MR) is 141 cm³/mol. The Morgan fingerprint density at radius 2 is 1.84 bits per heavy atom. The Hall–Kier alpha value is -3.82. The van der Waals surface area contributed by atoms with E-state index in [-0.39, 0.29) is 11.3 Å². The second kappa shape index (κ2) is 10.9. The molecule has 1 fully saturated rings. The SMILES string of the molecule is COc1ccc(OC)c(C2C(C(=O)c3cc4cc(C)ccc4o3)=C(O)C(=O)N2CCCN2CCOCC2)c1. The van der Waals surface area contributed by atoms with Gasteiger partial charge in [0.1, 0.15) is 17.1 Å². The van der Waals surface area contributed by atoms with Gasteiger partial charge < -0.3 is 28.6 Å². The van der Waals surface area contributed by atoms with Crippen LogP contribution in [0.25, 0.3) is 11.0 Å². The standard InChI is InChI=1S/C29H32N2O7/c1-18-5-7-22-19(15-18)16-24(38-22)27(32)25-26(21-17-20(35-2)6-8-23(21)36-3)31(29(34)28(25)33)10-4-9-30-11-13-37-14-12-30/h5-8,15-17,26,33H,4,9-14H2,1-3H3. The van der Waals surface area contributed by atoms with Gasteiger partial charge in [-0.15, -0.1) is 0 Å². The van der Waals surface area contributed by atoms with Crippen LogP contribution in [0.3, 0.4) is 0 Å². The summed E-state index contributed by atoms with van der Waals surface area (Å²) < 4.78 is 22.3. The number of aliphatic hydroxyl groups excluding tert-OH is 1. The number of hydrogen-bond donors (Lipinski definition) is 1. The highest BCUT2D eigenvalue weighted by Crippen LogP contribution is 2.44. The normalized spacial score (nSPS) is 18.4. The third-order valence-corrected chi connectivity index (χ3v) is 7.15. The number of ketones is 1. The summed E-state index contributed by atoms with van der Waals surface area (Å²) in [7, 11) is 3.07. The summed E-state index contributed by atoms with van der Waals surface area (Å²) in [5, 5.41) is 11.8. The molecule has 38 heavy (non-hydrogen) atoms. The number of furan rings is 1. The van der Waals surface area contributed by atoms with E-state index in [4.69, 9.17) is 18.6 Å². The summed E-state index contributed by atoms with van der Waals surface area (Å²) in [4.78, 5) is 31.1.